The molecule has 0 radical (unpaired) electrons. The third-order valence-corrected chi connectivity index (χ3v) is 3.90. The molecule has 102 valence electrons. The van der Waals surface area contributed by atoms with Gasteiger partial charge in [-0.15, -0.1) is 0 Å². The summed E-state index contributed by atoms with van der Waals surface area (Å²) in [5, 5.41) is 9.83. The summed E-state index contributed by atoms with van der Waals surface area (Å²) in [4.78, 5) is 6.12. The van der Waals surface area contributed by atoms with Crippen LogP contribution in [0.5, 0.6) is 0 Å². The number of aromatic nitrogens is 2. The minimum atomic E-state index is -3.68. The predicted octanol–water partition coefficient (Wildman–Crippen LogP) is 0.00380. The Morgan fingerprint density at radius 3 is 2.63 bits per heavy atom. The Bertz CT molecular complexity index is 622. The number of H-pyrrole nitrogens is 1. The summed E-state index contributed by atoms with van der Waals surface area (Å²) in [5.41, 5.74) is 6.69. The van der Waals surface area contributed by atoms with E-state index in [-0.39, 0.29) is 11.6 Å². The molecule has 0 fully saturated rings. The number of aromatic amines is 1. The number of anilines is 1. The van der Waals surface area contributed by atoms with Crippen LogP contribution in [0.3, 0.4) is 0 Å². The van der Waals surface area contributed by atoms with Crippen LogP contribution in [0.2, 0.25) is 0 Å². The lowest BCUT2D eigenvalue weighted by Gasteiger charge is -2.12. The molecule has 1 atom stereocenters. The molecule has 0 aliphatic heterocycles. The zero-order valence-corrected chi connectivity index (χ0v) is 10.8. The van der Waals surface area contributed by atoms with E-state index in [9.17, 15) is 13.5 Å². The number of rotatable bonds is 5. The van der Waals surface area contributed by atoms with Crippen LogP contribution in [0.25, 0.3) is 0 Å². The molecule has 0 aliphatic carbocycles. The maximum Gasteiger partial charge on any atom is 0.257 e. The highest BCUT2D eigenvalue weighted by atomic mass is 32.2. The van der Waals surface area contributed by atoms with Gasteiger partial charge in [0.25, 0.3) is 10.0 Å². The molecule has 0 saturated carbocycles. The second-order valence-electron chi connectivity index (χ2n) is 3.95. The smallest absolute Gasteiger partial charge is 0.257 e. The van der Waals surface area contributed by atoms with E-state index in [2.05, 4.69) is 14.7 Å². The quantitative estimate of drug-likeness (QED) is 0.575. The van der Waals surface area contributed by atoms with Crippen LogP contribution in [0, 0.1) is 0 Å². The van der Waals surface area contributed by atoms with Crippen LogP contribution in [-0.4, -0.2) is 30.0 Å². The maximum absolute atomic E-state index is 11.8. The van der Waals surface area contributed by atoms with Crippen molar-refractivity contribution in [1.29, 1.82) is 0 Å². The summed E-state index contributed by atoms with van der Waals surface area (Å²) >= 11 is 0. The van der Waals surface area contributed by atoms with Crippen LogP contribution >= 0.6 is 0 Å². The zero-order valence-electron chi connectivity index (χ0n) is 9.95. The topological polar surface area (TPSA) is 121 Å². The lowest BCUT2D eigenvalue weighted by Crippen LogP contribution is -2.28. The van der Waals surface area contributed by atoms with E-state index in [0.29, 0.717) is 11.3 Å². The van der Waals surface area contributed by atoms with Crippen molar-refractivity contribution in [3.05, 3.63) is 42.4 Å². The highest BCUT2D eigenvalue weighted by Gasteiger charge is 2.17. The van der Waals surface area contributed by atoms with Crippen LogP contribution < -0.4 is 10.5 Å². The molecule has 0 aliphatic rings. The molecule has 1 aromatic carbocycles. The van der Waals surface area contributed by atoms with Crippen molar-refractivity contribution in [3.63, 3.8) is 0 Å². The Labute approximate surface area is 110 Å². The average molecular weight is 282 g/mol. The van der Waals surface area contributed by atoms with Crippen molar-refractivity contribution >= 4 is 15.7 Å². The van der Waals surface area contributed by atoms with Gasteiger partial charge in [-0.05, 0) is 17.7 Å². The Morgan fingerprint density at radius 2 is 2.05 bits per heavy atom. The third-order valence-electron chi connectivity index (χ3n) is 2.55. The van der Waals surface area contributed by atoms with Crippen molar-refractivity contribution < 1.29 is 13.5 Å². The average Bonchev–Trinajstić information content (AvgIpc) is 2.91. The first-order valence-corrected chi connectivity index (χ1v) is 6.99. The molecule has 1 heterocycles. The summed E-state index contributed by atoms with van der Waals surface area (Å²) in [5.74, 6) is 0. The predicted molar refractivity (Wildman–Crippen MR) is 69.6 cm³/mol. The molecule has 0 spiro atoms. The number of nitrogen functional groups attached to an aromatic ring is 1. The number of aliphatic hydroxyl groups excluding tert-OH is 1. The number of imidazole rings is 1. The van der Waals surface area contributed by atoms with Gasteiger partial charge in [0.05, 0.1) is 18.6 Å². The van der Waals surface area contributed by atoms with Crippen LogP contribution in [0.15, 0.2) is 41.8 Å². The molecule has 19 heavy (non-hydrogen) atoms. The second-order valence-corrected chi connectivity index (χ2v) is 5.69. The first-order valence-electron chi connectivity index (χ1n) is 5.50. The number of hydrogen-bond acceptors (Lipinski definition) is 5. The molecule has 2 aromatic rings. The van der Waals surface area contributed by atoms with Gasteiger partial charge in [0, 0.05) is 12.2 Å². The van der Waals surface area contributed by atoms with Gasteiger partial charge >= 0.3 is 0 Å². The third kappa shape index (κ3) is 3.31. The number of aliphatic hydroxyl groups is 1. The van der Waals surface area contributed by atoms with E-state index in [1.165, 1.54) is 12.5 Å². The fourth-order valence-corrected chi connectivity index (χ4v) is 2.43. The van der Waals surface area contributed by atoms with Gasteiger partial charge in [-0.3, -0.25) is 0 Å². The van der Waals surface area contributed by atoms with Gasteiger partial charge in [0.1, 0.15) is 0 Å². The van der Waals surface area contributed by atoms with Crippen molar-refractivity contribution in [2.75, 3.05) is 12.3 Å². The normalized spacial score (nSPS) is 13.3. The van der Waals surface area contributed by atoms with Crippen molar-refractivity contribution in [3.8, 4) is 0 Å². The van der Waals surface area contributed by atoms with E-state index in [4.69, 9.17) is 5.73 Å². The fraction of sp³-hybridized carbons (Fsp3) is 0.182. The fourth-order valence-electron chi connectivity index (χ4n) is 1.49. The number of nitrogens with two attached hydrogens (primary N) is 1. The Morgan fingerprint density at radius 1 is 1.37 bits per heavy atom. The van der Waals surface area contributed by atoms with E-state index >= 15 is 0 Å². The van der Waals surface area contributed by atoms with Crippen LogP contribution in [-0.2, 0) is 10.0 Å². The summed E-state index contributed by atoms with van der Waals surface area (Å²) in [6.45, 7) is -0.134. The number of sulfonamides is 1. The maximum atomic E-state index is 11.8. The summed E-state index contributed by atoms with van der Waals surface area (Å²) in [7, 11) is -3.68. The lowest BCUT2D eigenvalue weighted by molar-refractivity contribution is 0.182. The van der Waals surface area contributed by atoms with Gasteiger partial charge in [-0.1, -0.05) is 12.1 Å². The standard InChI is InChI=1S/C11H14N4O3S/c12-9-3-1-8(2-4-9)10(16)5-15-19(17,18)11-6-13-7-14-11/h1-4,6-7,10,15-16H,5,12H2,(H,13,14). The molecule has 0 bridgehead atoms. The molecule has 1 unspecified atom stereocenters. The van der Waals surface area contributed by atoms with E-state index < -0.39 is 16.1 Å². The largest absolute Gasteiger partial charge is 0.399 e. The number of nitrogens with one attached hydrogen (secondary N) is 2. The monoisotopic (exact) mass is 282 g/mol. The molecular weight excluding hydrogens is 268 g/mol. The number of hydrogen-bond donors (Lipinski definition) is 4. The van der Waals surface area contributed by atoms with E-state index in [0.717, 1.165) is 0 Å². The minimum Gasteiger partial charge on any atom is -0.399 e. The highest BCUT2D eigenvalue weighted by molar-refractivity contribution is 7.89. The second kappa shape index (κ2) is 5.39. The van der Waals surface area contributed by atoms with Gasteiger partial charge in [0.2, 0.25) is 0 Å². The Balaban J connectivity index is 2.01. The van der Waals surface area contributed by atoms with Crippen molar-refractivity contribution in [1.82, 2.24) is 14.7 Å². The first-order chi connectivity index (χ1) is 8.99. The van der Waals surface area contributed by atoms with Crippen molar-refractivity contribution in [2.24, 2.45) is 0 Å². The molecule has 0 saturated heterocycles. The van der Waals surface area contributed by atoms with E-state index in [1.807, 2.05) is 0 Å². The zero-order chi connectivity index (χ0) is 13.9. The Kier molecular flexibility index (Phi) is 3.84. The summed E-state index contributed by atoms with van der Waals surface area (Å²) in [6, 6.07) is 6.57. The lowest BCUT2D eigenvalue weighted by atomic mass is 10.1. The number of benzene rings is 1. The molecule has 7 nitrogen and oxygen atoms in total. The number of nitrogens with zero attached hydrogens (tertiary/aromatic N) is 1. The van der Waals surface area contributed by atoms with Crippen molar-refractivity contribution in [2.45, 2.75) is 11.1 Å². The van der Waals surface area contributed by atoms with Crippen LogP contribution in [0.4, 0.5) is 5.69 Å². The van der Waals surface area contributed by atoms with E-state index in [1.54, 1.807) is 24.3 Å². The van der Waals surface area contributed by atoms with Gasteiger partial charge < -0.3 is 15.8 Å². The summed E-state index contributed by atoms with van der Waals surface area (Å²) in [6.07, 6.45) is 1.52. The molecule has 0 amide bonds. The Hall–Kier alpha value is -1.90. The van der Waals surface area contributed by atoms with Crippen LogP contribution in [0.1, 0.15) is 11.7 Å². The molecule has 8 heteroatoms. The molecule has 1 aromatic heterocycles. The summed E-state index contributed by atoms with van der Waals surface area (Å²) < 4.78 is 25.8. The first kappa shape index (κ1) is 13.5. The van der Waals surface area contributed by atoms with Gasteiger partial charge in [0.15, 0.2) is 5.03 Å². The van der Waals surface area contributed by atoms with Gasteiger partial charge in [-0.2, -0.15) is 0 Å². The molecule has 2 rings (SSSR count). The molecular formula is C11H14N4O3S. The van der Waals surface area contributed by atoms with Gasteiger partial charge in [-0.25, -0.2) is 18.1 Å². The SMILES string of the molecule is Nc1ccc(C(O)CNS(=O)(=O)c2cnc[nH]2)cc1. The highest BCUT2D eigenvalue weighted by Crippen LogP contribution is 2.14. The minimum absolute atomic E-state index is 0.0444. The molecule has 5 N–H and O–H groups in total.